The minimum Gasteiger partial charge on any atom is -0.275 e. The smallest absolute Gasteiger partial charge is 0.0925 e. The minimum absolute atomic E-state index is 1.08. The van der Waals surface area contributed by atoms with Gasteiger partial charge in [-0.2, -0.15) is 5.10 Å². The molecule has 1 aromatic heterocycles. The predicted molar refractivity (Wildman–Crippen MR) is 68.1 cm³/mol. The van der Waals surface area contributed by atoms with Crippen LogP contribution in [-0.2, 0) is 7.05 Å². The summed E-state index contributed by atoms with van der Waals surface area (Å²) in [6.45, 7) is 12.1. The summed E-state index contributed by atoms with van der Waals surface area (Å²) in [6, 6.07) is 6.16. The lowest BCUT2D eigenvalue weighted by molar-refractivity contribution is 0.779. The Labute approximate surface area is 92.2 Å². The van der Waals surface area contributed by atoms with Crippen molar-refractivity contribution >= 4 is 10.9 Å². The second-order valence-electron chi connectivity index (χ2n) is 2.81. The molecule has 0 bridgehead atoms. The van der Waals surface area contributed by atoms with Crippen molar-refractivity contribution in [2.45, 2.75) is 20.8 Å². The van der Waals surface area contributed by atoms with E-state index in [-0.39, 0.29) is 0 Å². The van der Waals surface area contributed by atoms with Crippen molar-refractivity contribution in [1.82, 2.24) is 9.78 Å². The molecule has 2 rings (SSSR count). The van der Waals surface area contributed by atoms with Crippen LogP contribution in [0.4, 0.5) is 0 Å². The number of rotatable bonds is 0. The quantitative estimate of drug-likeness (QED) is 0.598. The first kappa shape index (κ1) is 13.4. The molecule has 0 aliphatic heterocycles. The van der Waals surface area contributed by atoms with Crippen molar-refractivity contribution in [2.24, 2.45) is 7.05 Å². The average molecular weight is 204 g/mol. The van der Waals surface area contributed by atoms with Crippen molar-refractivity contribution in [1.29, 1.82) is 0 Å². The Morgan fingerprint density at radius 1 is 1.20 bits per heavy atom. The van der Waals surface area contributed by atoms with E-state index in [1.54, 1.807) is 0 Å². The maximum atomic E-state index is 4.29. The van der Waals surface area contributed by atoms with Gasteiger partial charge in [-0.3, -0.25) is 4.68 Å². The van der Waals surface area contributed by atoms with Crippen molar-refractivity contribution in [3.05, 3.63) is 43.1 Å². The molecule has 2 nitrogen and oxygen atoms in total. The Kier molecular flexibility index (Phi) is 6.11. The molecule has 2 aromatic rings. The van der Waals surface area contributed by atoms with Gasteiger partial charge in [0, 0.05) is 18.6 Å². The van der Waals surface area contributed by atoms with E-state index in [9.17, 15) is 0 Å². The Hall–Kier alpha value is -1.57. The number of aromatic nitrogens is 2. The van der Waals surface area contributed by atoms with E-state index in [1.807, 2.05) is 43.9 Å². The van der Waals surface area contributed by atoms with E-state index in [0.717, 1.165) is 5.52 Å². The Balaban J connectivity index is 0.000000442. The molecular formula is C13H20N2. The summed E-state index contributed by atoms with van der Waals surface area (Å²) in [5.74, 6) is 0. The SMILES string of the molecule is C=C.CC.Cc1cccc2nn(C)cc12. The third kappa shape index (κ3) is 3.24. The lowest BCUT2D eigenvalue weighted by Gasteiger charge is -1.90. The third-order valence-electron chi connectivity index (χ3n) is 1.88. The fraction of sp³-hybridized carbons (Fsp3) is 0.308. The van der Waals surface area contributed by atoms with Crippen LogP contribution in [0.25, 0.3) is 10.9 Å². The maximum absolute atomic E-state index is 4.29. The van der Waals surface area contributed by atoms with Gasteiger partial charge in [0.2, 0.25) is 0 Å². The monoisotopic (exact) mass is 204 g/mol. The molecule has 0 fully saturated rings. The third-order valence-corrected chi connectivity index (χ3v) is 1.88. The highest BCUT2D eigenvalue weighted by Crippen LogP contribution is 2.15. The molecule has 0 aliphatic carbocycles. The molecular weight excluding hydrogens is 184 g/mol. The van der Waals surface area contributed by atoms with E-state index in [4.69, 9.17) is 0 Å². The molecule has 0 unspecified atom stereocenters. The van der Waals surface area contributed by atoms with Gasteiger partial charge in [-0.1, -0.05) is 26.0 Å². The van der Waals surface area contributed by atoms with Crippen molar-refractivity contribution in [2.75, 3.05) is 0 Å². The largest absolute Gasteiger partial charge is 0.275 e. The number of hydrogen-bond donors (Lipinski definition) is 0. The van der Waals surface area contributed by atoms with Gasteiger partial charge in [-0.25, -0.2) is 0 Å². The molecule has 15 heavy (non-hydrogen) atoms. The predicted octanol–water partition coefficient (Wildman–Crippen LogP) is 3.71. The zero-order valence-corrected chi connectivity index (χ0v) is 10.1. The number of benzene rings is 1. The van der Waals surface area contributed by atoms with Crippen LogP contribution in [0.15, 0.2) is 37.6 Å². The molecule has 1 aromatic carbocycles. The number of aryl methyl sites for hydroxylation is 2. The molecule has 0 saturated heterocycles. The van der Waals surface area contributed by atoms with Gasteiger partial charge in [0.05, 0.1) is 5.52 Å². The second-order valence-corrected chi connectivity index (χ2v) is 2.81. The summed E-state index contributed by atoms with van der Waals surface area (Å²) in [5, 5.41) is 5.54. The Bertz CT molecular complexity index is 402. The van der Waals surface area contributed by atoms with Gasteiger partial charge in [0.15, 0.2) is 0 Å². The van der Waals surface area contributed by atoms with Crippen LogP contribution in [0.3, 0.4) is 0 Å². The van der Waals surface area contributed by atoms with Crippen LogP contribution < -0.4 is 0 Å². The van der Waals surface area contributed by atoms with Gasteiger partial charge in [0.1, 0.15) is 0 Å². The summed E-state index contributed by atoms with van der Waals surface area (Å²) in [5.41, 5.74) is 2.36. The van der Waals surface area contributed by atoms with E-state index in [0.29, 0.717) is 0 Å². The first-order chi connectivity index (χ1) is 7.27. The van der Waals surface area contributed by atoms with Crippen LogP contribution in [0.1, 0.15) is 19.4 Å². The fourth-order valence-electron chi connectivity index (χ4n) is 1.31. The number of fused-ring (bicyclic) bond motifs is 1. The molecule has 82 valence electrons. The molecule has 0 radical (unpaired) electrons. The zero-order chi connectivity index (χ0) is 11.8. The van der Waals surface area contributed by atoms with Crippen LogP contribution in [0.2, 0.25) is 0 Å². The molecule has 0 atom stereocenters. The minimum atomic E-state index is 1.08. The average Bonchev–Trinajstić information content (AvgIpc) is 2.66. The van der Waals surface area contributed by atoms with Gasteiger partial charge in [-0.05, 0) is 18.6 Å². The lowest BCUT2D eigenvalue weighted by atomic mass is 10.1. The van der Waals surface area contributed by atoms with Gasteiger partial charge < -0.3 is 0 Å². The van der Waals surface area contributed by atoms with E-state index >= 15 is 0 Å². The van der Waals surface area contributed by atoms with Crippen LogP contribution in [0.5, 0.6) is 0 Å². The number of nitrogens with zero attached hydrogens (tertiary/aromatic N) is 2. The summed E-state index contributed by atoms with van der Waals surface area (Å²) in [4.78, 5) is 0. The fourth-order valence-corrected chi connectivity index (χ4v) is 1.31. The summed E-state index contributed by atoms with van der Waals surface area (Å²) < 4.78 is 1.84. The highest BCUT2D eigenvalue weighted by Gasteiger charge is 1.98. The molecule has 0 aliphatic rings. The normalized spacial score (nSPS) is 8.53. The van der Waals surface area contributed by atoms with Crippen molar-refractivity contribution < 1.29 is 0 Å². The van der Waals surface area contributed by atoms with E-state index < -0.39 is 0 Å². The summed E-state index contributed by atoms with van der Waals surface area (Å²) >= 11 is 0. The molecule has 0 spiro atoms. The van der Waals surface area contributed by atoms with Gasteiger partial charge in [-0.15, -0.1) is 13.2 Å². The maximum Gasteiger partial charge on any atom is 0.0925 e. The number of hydrogen-bond acceptors (Lipinski definition) is 1. The highest BCUT2D eigenvalue weighted by atomic mass is 15.2. The second kappa shape index (κ2) is 6.82. The molecule has 2 heteroatoms. The zero-order valence-electron chi connectivity index (χ0n) is 10.1. The van der Waals surface area contributed by atoms with Crippen LogP contribution in [0, 0.1) is 6.92 Å². The highest BCUT2D eigenvalue weighted by molar-refractivity contribution is 5.81. The molecule has 1 heterocycles. The van der Waals surface area contributed by atoms with Gasteiger partial charge >= 0.3 is 0 Å². The van der Waals surface area contributed by atoms with Crippen molar-refractivity contribution in [3.63, 3.8) is 0 Å². The van der Waals surface area contributed by atoms with Crippen molar-refractivity contribution in [3.8, 4) is 0 Å². The lowest BCUT2D eigenvalue weighted by Crippen LogP contribution is -1.84. The Morgan fingerprint density at radius 2 is 1.80 bits per heavy atom. The standard InChI is InChI=1S/C9H10N2.C2H6.C2H4/c1-7-4-3-5-9-8(7)6-11(2)10-9;2*1-2/h3-6H,1-2H3;1-2H3;1-2H2. The first-order valence-corrected chi connectivity index (χ1v) is 5.16. The molecule has 0 amide bonds. The van der Waals surface area contributed by atoms with Gasteiger partial charge in [0.25, 0.3) is 0 Å². The Morgan fingerprint density at radius 3 is 2.33 bits per heavy atom. The van der Waals surface area contributed by atoms with Crippen LogP contribution in [-0.4, -0.2) is 9.78 Å². The molecule has 0 N–H and O–H groups in total. The van der Waals surface area contributed by atoms with E-state index in [1.165, 1.54) is 10.9 Å². The topological polar surface area (TPSA) is 17.8 Å². The van der Waals surface area contributed by atoms with Crippen LogP contribution >= 0.6 is 0 Å². The molecule has 0 saturated carbocycles. The summed E-state index contributed by atoms with van der Waals surface area (Å²) in [7, 11) is 1.94. The van der Waals surface area contributed by atoms with E-state index in [2.05, 4.69) is 31.2 Å². The summed E-state index contributed by atoms with van der Waals surface area (Å²) in [6.07, 6.45) is 2.05. The first-order valence-electron chi connectivity index (χ1n) is 5.16.